The quantitative estimate of drug-likeness (QED) is 0.607. The van der Waals surface area contributed by atoms with Gasteiger partial charge in [-0.15, -0.1) is 0 Å². The number of aromatic amines is 2. The zero-order valence-electron chi connectivity index (χ0n) is 7.21. The third-order valence-electron chi connectivity index (χ3n) is 1.90. The van der Waals surface area contributed by atoms with Crippen molar-refractivity contribution < 1.29 is 0 Å². The highest BCUT2D eigenvalue weighted by atomic mass is 32.1. The third-order valence-corrected chi connectivity index (χ3v) is 2.11. The number of nitrogens with zero attached hydrogens (tertiary/aromatic N) is 2. The van der Waals surface area contributed by atoms with Crippen LogP contribution < -0.4 is 5.56 Å². The molecule has 0 fully saturated rings. The molecule has 0 bridgehead atoms. The lowest BCUT2D eigenvalue weighted by atomic mass is 10.4. The first-order valence-corrected chi connectivity index (χ1v) is 4.16. The monoisotopic (exact) mass is 196 g/mol. The van der Waals surface area contributed by atoms with Crippen molar-refractivity contribution in [3.05, 3.63) is 20.8 Å². The normalized spacial score (nSPS) is 10.9. The minimum absolute atomic E-state index is 0.207. The molecule has 0 unspecified atom stereocenters. The van der Waals surface area contributed by atoms with E-state index in [1.165, 1.54) is 4.68 Å². The Morgan fingerprint density at radius 1 is 1.46 bits per heavy atom. The van der Waals surface area contributed by atoms with Gasteiger partial charge in [0.2, 0.25) is 0 Å². The molecule has 2 rings (SSSR count). The Kier molecular flexibility index (Phi) is 1.59. The molecule has 0 atom stereocenters. The van der Waals surface area contributed by atoms with Gasteiger partial charge in [-0.05, 0) is 19.1 Å². The molecule has 2 N–H and O–H groups in total. The number of nitrogens with one attached hydrogen (secondary N) is 2. The molecule has 0 aliphatic heterocycles. The lowest BCUT2D eigenvalue weighted by molar-refractivity contribution is 0.779. The van der Waals surface area contributed by atoms with Gasteiger partial charge in [0.1, 0.15) is 5.52 Å². The Labute approximate surface area is 78.4 Å². The van der Waals surface area contributed by atoms with Gasteiger partial charge in [-0.2, -0.15) is 5.10 Å². The van der Waals surface area contributed by atoms with E-state index in [1.807, 2.05) is 6.92 Å². The highest BCUT2D eigenvalue weighted by Gasteiger charge is 2.07. The minimum Gasteiger partial charge on any atom is -0.329 e. The maximum Gasteiger partial charge on any atom is 0.277 e. The molecule has 68 valence electrons. The average molecular weight is 196 g/mol. The van der Waals surface area contributed by atoms with Gasteiger partial charge in [0.15, 0.2) is 4.77 Å². The van der Waals surface area contributed by atoms with Crippen molar-refractivity contribution in [2.24, 2.45) is 7.05 Å². The van der Waals surface area contributed by atoms with Crippen molar-refractivity contribution in [2.45, 2.75) is 6.92 Å². The summed E-state index contributed by atoms with van der Waals surface area (Å²) in [5, 5.41) is 4.11. The fourth-order valence-corrected chi connectivity index (χ4v) is 1.57. The fraction of sp³-hybridized carbons (Fsp3) is 0.286. The number of aryl methyl sites for hydroxylation is 2. The van der Waals surface area contributed by atoms with Crippen molar-refractivity contribution in [2.75, 3.05) is 0 Å². The van der Waals surface area contributed by atoms with Crippen LogP contribution in [0.5, 0.6) is 0 Å². The second-order valence-electron chi connectivity index (χ2n) is 2.84. The van der Waals surface area contributed by atoms with Crippen LogP contribution in [0.2, 0.25) is 0 Å². The van der Waals surface area contributed by atoms with Gasteiger partial charge >= 0.3 is 0 Å². The lowest BCUT2D eigenvalue weighted by Crippen LogP contribution is -2.10. The predicted octanol–water partition coefficient (Wildman–Crippen LogP) is 0.628. The van der Waals surface area contributed by atoms with E-state index in [2.05, 4.69) is 15.1 Å². The van der Waals surface area contributed by atoms with Crippen LogP contribution in [0.1, 0.15) is 5.69 Å². The largest absolute Gasteiger partial charge is 0.329 e. The van der Waals surface area contributed by atoms with Crippen LogP contribution in [-0.2, 0) is 7.05 Å². The van der Waals surface area contributed by atoms with Crippen LogP contribution >= 0.6 is 12.2 Å². The van der Waals surface area contributed by atoms with Crippen LogP contribution in [0.15, 0.2) is 4.79 Å². The van der Waals surface area contributed by atoms with E-state index in [0.717, 1.165) is 5.69 Å². The van der Waals surface area contributed by atoms with E-state index in [1.54, 1.807) is 7.05 Å². The zero-order chi connectivity index (χ0) is 9.59. The number of rotatable bonds is 0. The van der Waals surface area contributed by atoms with E-state index in [4.69, 9.17) is 12.2 Å². The van der Waals surface area contributed by atoms with E-state index in [-0.39, 0.29) is 5.56 Å². The molecular formula is C7H8N4OS. The maximum atomic E-state index is 11.4. The number of H-pyrrole nitrogens is 2. The first kappa shape index (κ1) is 8.18. The van der Waals surface area contributed by atoms with Crippen molar-refractivity contribution >= 4 is 23.3 Å². The zero-order valence-corrected chi connectivity index (χ0v) is 8.03. The van der Waals surface area contributed by atoms with Gasteiger partial charge in [-0.25, -0.2) is 0 Å². The number of aromatic nitrogens is 4. The van der Waals surface area contributed by atoms with Crippen LogP contribution in [0.4, 0.5) is 0 Å². The second-order valence-corrected chi connectivity index (χ2v) is 3.25. The summed E-state index contributed by atoms with van der Waals surface area (Å²) in [6.07, 6.45) is 0. The first-order valence-electron chi connectivity index (χ1n) is 3.75. The van der Waals surface area contributed by atoms with Crippen molar-refractivity contribution in [1.29, 1.82) is 0 Å². The number of hydrogen-bond donors (Lipinski definition) is 2. The minimum atomic E-state index is -0.207. The smallest absolute Gasteiger partial charge is 0.277 e. The van der Waals surface area contributed by atoms with Crippen LogP contribution in [-0.4, -0.2) is 19.7 Å². The van der Waals surface area contributed by atoms with Crippen molar-refractivity contribution in [3.8, 4) is 0 Å². The standard InChI is InChI=1S/C7H8N4OS/c1-3-4-5(11(2)10-3)6(12)9-7(13)8-4/h1-2H3,(H2,8,9,12,13). The summed E-state index contributed by atoms with van der Waals surface area (Å²) in [5.41, 5.74) is 1.79. The van der Waals surface area contributed by atoms with Gasteiger partial charge in [0.25, 0.3) is 5.56 Å². The van der Waals surface area contributed by atoms with Gasteiger partial charge in [-0.3, -0.25) is 14.5 Å². The molecular weight excluding hydrogens is 188 g/mol. The van der Waals surface area contributed by atoms with Crippen LogP contribution in [0, 0.1) is 11.7 Å². The Morgan fingerprint density at radius 3 is 2.85 bits per heavy atom. The SMILES string of the molecule is Cc1nn(C)c2c(=O)[nH]c(=S)[nH]c12. The van der Waals surface area contributed by atoms with Gasteiger partial charge in [0.05, 0.1) is 11.2 Å². The summed E-state index contributed by atoms with van der Waals surface area (Å²) in [6.45, 7) is 1.83. The van der Waals surface area contributed by atoms with E-state index in [9.17, 15) is 4.79 Å². The molecule has 6 heteroatoms. The highest BCUT2D eigenvalue weighted by molar-refractivity contribution is 7.71. The van der Waals surface area contributed by atoms with Crippen molar-refractivity contribution in [3.63, 3.8) is 0 Å². The summed E-state index contributed by atoms with van der Waals surface area (Å²) in [6, 6.07) is 0. The molecule has 2 aromatic heterocycles. The Balaban J connectivity index is 3.15. The van der Waals surface area contributed by atoms with Crippen LogP contribution in [0.3, 0.4) is 0 Å². The molecule has 13 heavy (non-hydrogen) atoms. The number of hydrogen-bond acceptors (Lipinski definition) is 3. The van der Waals surface area contributed by atoms with Crippen LogP contribution in [0.25, 0.3) is 11.0 Å². The second kappa shape index (κ2) is 2.53. The Bertz CT molecular complexity index is 576. The average Bonchev–Trinajstić information content (AvgIpc) is 2.27. The van der Waals surface area contributed by atoms with Crippen molar-refractivity contribution in [1.82, 2.24) is 19.7 Å². The molecule has 0 saturated heterocycles. The van der Waals surface area contributed by atoms with E-state index < -0.39 is 0 Å². The fourth-order valence-electron chi connectivity index (χ4n) is 1.38. The van der Waals surface area contributed by atoms with E-state index >= 15 is 0 Å². The molecule has 5 nitrogen and oxygen atoms in total. The summed E-state index contributed by atoms with van der Waals surface area (Å²) in [4.78, 5) is 16.8. The molecule has 0 amide bonds. The molecule has 0 radical (unpaired) electrons. The molecule has 2 aromatic rings. The topological polar surface area (TPSA) is 66.5 Å². The predicted molar refractivity (Wildman–Crippen MR) is 51.3 cm³/mol. The molecule has 0 aliphatic rings. The Morgan fingerprint density at radius 2 is 2.15 bits per heavy atom. The highest BCUT2D eigenvalue weighted by Crippen LogP contribution is 2.08. The molecule has 0 saturated carbocycles. The summed E-state index contributed by atoms with van der Waals surface area (Å²) < 4.78 is 1.86. The van der Waals surface area contributed by atoms with Gasteiger partial charge < -0.3 is 4.98 Å². The molecule has 0 spiro atoms. The summed E-state index contributed by atoms with van der Waals surface area (Å²) >= 11 is 4.85. The maximum absolute atomic E-state index is 11.4. The van der Waals surface area contributed by atoms with Gasteiger partial charge in [-0.1, -0.05) is 0 Å². The lowest BCUT2D eigenvalue weighted by Gasteiger charge is -1.91. The third kappa shape index (κ3) is 1.10. The molecule has 0 aliphatic carbocycles. The van der Waals surface area contributed by atoms with Gasteiger partial charge in [0, 0.05) is 7.05 Å². The number of fused-ring (bicyclic) bond motifs is 1. The summed E-state index contributed by atoms with van der Waals surface area (Å²) in [5.74, 6) is 0. The molecule has 0 aromatic carbocycles. The first-order chi connectivity index (χ1) is 6.09. The molecule has 2 heterocycles. The Hall–Kier alpha value is -1.43. The summed E-state index contributed by atoms with van der Waals surface area (Å²) in [7, 11) is 1.72. The van der Waals surface area contributed by atoms with E-state index in [0.29, 0.717) is 15.8 Å².